The van der Waals surface area contributed by atoms with Gasteiger partial charge in [-0.1, -0.05) is 0 Å². The Balaban J connectivity index is 1.82. The molecule has 11 nitrogen and oxygen atoms in total. The van der Waals surface area contributed by atoms with Crippen LogP contribution in [0.25, 0.3) is 0 Å². The van der Waals surface area contributed by atoms with Crippen molar-refractivity contribution in [2.45, 2.75) is 57.1 Å². The number of nitrogens with zero attached hydrogens (tertiary/aromatic N) is 3. The molecule has 1 aromatic heterocycles. The van der Waals surface area contributed by atoms with Crippen LogP contribution in [0.4, 0.5) is 13.6 Å². The molecule has 3 N–H and O–H groups in total. The van der Waals surface area contributed by atoms with E-state index < -0.39 is 48.0 Å². The van der Waals surface area contributed by atoms with Crippen LogP contribution in [-0.2, 0) is 14.3 Å². The Morgan fingerprint density at radius 2 is 2.03 bits per heavy atom. The lowest BCUT2D eigenvalue weighted by Crippen LogP contribution is -2.54. The van der Waals surface area contributed by atoms with Gasteiger partial charge >= 0.3 is 17.9 Å². The molecule has 1 saturated carbocycles. The van der Waals surface area contributed by atoms with Crippen LogP contribution in [-0.4, -0.2) is 60.3 Å². The topological polar surface area (TPSA) is 155 Å². The van der Waals surface area contributed by atoms with Gasteiger partial charge in [-0.3, -0.25) is 9.59 Å². The Bertz CT molecular complexity index is 1100. The van der Waals surface area contributed by atoms with Gasteiger partial charge in [-0.2, -0.15) is 10.4 Å². The summed E-state index contributed by atoms with van der Waals surface area (Å²) in [5.74, 6) is -1.62. The van der Waals surface area contributed by atoms with Crippen LogP contribution < -0.4 is 20.8 Å². The molecule has 3 rings (SSSR count). The Kier molecular flexibility index (Phi) is 8.44. The number of nitrogens with one attached hydrogen (secondary N) is 3. The van der Waals surface area contributed by atoms with Gasteiger partial charge in [0.15, 0.2) is 12.2 Å². The van der Waals surface area contributed by atoms with E-state index in [4.69, 9.17) is 9.47 Å². The number of hydrazone groups is 1. The van der Waals surface area contributed by atoms with Crippen molar-refractivity contribution in [3.63, 3.8) is 0 Å². The fraction of sp³-hybridized carbons (Fsp3) is 0.545. The number of pyridine rings is 1. The monoisotopic (exact) mass is 570 g/mol. The summed E-state index contributed by atoms with van der Waals surface area (Å²) < 4.78 is 36.4. The van der Waals surface area contributed by atoms with Gasteiger partial charge in [0.05, 0.1) is 11.5 Å². The van der Waals surface area contributed by atoms with Crippen molar-refractivity contribution in [2.75, 3.05) is 13.7 Å². The first-order valence-corrected chi connectivity index (χ1v) is 11.9. The average Bonchev–Trinajstić information content (AvgIpc) is 2.85. The van der Waals surface area contributed by atoms with Crippen molar-refractivity contribution in [3.05, 3.63) is 22.3 Å². The zero-order valence-corrected chi connectivity index (χ0v) is 21.2. The van der Waals surface area contributed by atoms with Crippen LogP contribution in [0.5, 0.6) is 5.88 Å². The first kappa shape index (κ1) is 27.3. The highest BCUT2D eigenvalue weighted by Crippen LogP contribution is 2.47. The standard InChI is InChI=1S/C22H25BrF2N6O5/c1-12(29-19(33)18(32)27-2)8-21(11-26)3-5-22(6-4-21)17(30-31-20(34)36-22)13-7-16(28-9-14(13)23)35-10-15(24)25/h7,9,12,15H,3-6,8,10H2,1-2H3,(H,27,32)(H,29,33)(H,31,34)/t12-,21?,22?/m0/s1. The van der Waals surface area contributed by atoms with Gasteiger partial charge in [0, 0.05) is 35.4 Å². The molecule has 0 radical (unpaired) electrons. The number of ether oxygens (including phenoxy) is 2. The van der Waals surface area contributed by atoms with E-state index in [9.17, 15) is 28.4 Å². The maximum absolute atomic E-state index is 12.6. The van der Waals surface area contributed by atoms with Crippen molar-refractivity contribution >= 4 is 39.5 Å². The number of hydrogen-bond donors (Lipinski definition) is 3. The van der Waals surface area contributed by atoms with Gasteiger partial charge in [0.2, 0.25) is 5.88 Å². The van der Waals surface area contributed by atoms with Gasteiger partial charge in [-0.15, -0.1) is 0 Å². The number of carbonyl (C=O) groups excluding carboxylic acids is 3. The summed E-state index contributed by atoms with van der Waals surface area (Å²) in [6.07, 6.45) is -0.667. The molecule has 1 fully saturated rings. The Hall–Kier alpha value is -3.34. The van der Waals surface area contributed by atoms with Crippen molar-refractivity contribution in [2.24, 2.45) is 10.5 Å². The molecule has 0 saturated heterocycles. The molecule has 1 aliphatic carbocycles. The quantitative estimate of drug-likeness (QED) is 0.425. The lowest BCUT2D eigenvalue weighted by molar-refractivity contribution is -0.139. The molecule has 3 amide bonds. The third-order valence-corrected chi connectivity index (χ3v) is 6.81. The first-order valence-electron chi connectivity index (χ1n) is 11.1. The van der Waals surface area contributed by atoms with Gasteiger partial charge in [0.25, 0.3) is 6.43 Å². The van der Waals surface area contributed by atoms with Crippen LogP contribution in [0.3, 0.4) is 0 Å². The summed E-state index contributed by atoms with van der Waals surface area (Å²) in [5.41, 5.74) is 1.03. The number of carbonyl (C=O) groups is 3. The molecule has 14 heteroatoms. The Morgan fingerprint density at radius 1 is 1.33 bits per heavy atom. The van der Waals surface area contributed by atoms with Crippen molar-refractivity contribution < 1.29 is 32.6 Å². The SMILES string of the molecule is CNC(=O)C(=O)N[C@@H](C)CC1(C#N)CCC2(CC1)OC(=O)NN=C2c1cc(OCC(F)F)ncc1Br. The lowest BCUT2D eigenvalue weighted by Gasteiger charge is -2.45. The van der Waals surface area contributed by atoms with E-state index in [1.165, 1.54) is 19.3 Å². The molecule has 1 aromatic rings. The van der Waals surface area contributed by atoms with E-state index in [-0.39, 0.29) is 25.1 Å². The molecule has 2 aliphatic rings. The minimum atomic E-state index is -2.68. The average molecular weight is 571 g/mol. The number of amides is 3. The second-order valence-corrected chi connectivity index (χ2v) is 9.56. The molecular formula is C22H25BrF2N6O5. The summed E-state index contributed by atoms with van der Waals surface area (Å²) >= 11 is 3.38. The van der Waals surface area contributed by atoms with Gasteiger partial charge in [-0.25, -0.2) is 24.0 Å². The fourth-order valence-corrected chi connectivity index (χ4v) is 4.86. The summed E-state index contributed by atoms with van der Waals surface area (Å²) in [6, 6.07) is 3.31. The highest BCUT2D eigenvalue weighted by molar-refractivity contribution is 9.10. The Labute approximate surface area is 214 Å². The summed E-state index contributed by atoms with van der Waals surface area (Å²) in [6.45, 7) is 0.870. The summed E-state index contributed by atoms with van der Waals surface area (Å²) in [5, 5.41) is 19.0. The highest BCUT2D eigenvalue weighted by atomic mass is 79.9. The van der Waals surface area contributed by atoms with Crippen LogP contribution in [0.15, 0.2) is 21.8 Å². The van der Waals surface area contributed by atoms with E-state index in [1.54, 1.807) is 6.92 Å². The number of rotatable bonds is 7. The molecular weight excluding hydrogens is 546 g/mol. The zero-order chi connectivity index (χ0) is 26.5. The third-order valence-electron chi connectivity index (χ3n) is 6.18. The maximum atomic E-state index is 12.6. The number of aromatic nitrogens is 1. The maximum Gasteiger partial charge on any atom is 0.428 e. The van der Waals surface area contributed by atoms with Gasteiger partial charge in [0.1, 0.15) is 5.71 Å². The number of alkyl halides is 2. The van der Waals surface area contributed by atoms with E-state index in [2.05, 4.69) is 48.1 Å². The minimum Gasteiger partial charge on any atom is -0.472 e. The predicted molar refractivity (Wildman–Crippen MR) is 125 cm³/mol. The zero-order valence-electron chi connectivity index (χ0n) is 19.6. The number of nitriles is 1. The normalized spacial score (nSPS) is 24.1. The van der Waals surface area contributed by atoms with Crippen LogP contribution in [0, 0.1) is 16.7 Å². The molecule has 0 unspecified atom stereocenters. The van der Waals surface area contributed by atoms with Crippen molar-refractivity contribution in [3.8, 4) is 11.9 Å². The fourth-order valence-electron chi connectivity index (χ4n) is 4.46. The van der Waals surface area contributed by atoms with Gasteiger partial charge < -0.3 is 20.1 Å². The predicted octanol–water partition coefficient (Wildman–Crippen LogP) is 2.40. The minimum absolute atomic E-state index is 0.0499. The molecule has 0 aromatic carbocycles. The second-order valence-electron chi connectivity index (χ2n) is 8.71. The Morgan fingerprint density at radius 3 is 2.64 bits per heavy atom. The molecule has 1 atom stereocenters. The van der Waals surface area contributed by atoms with Crippen LogP contribution in [0.2, 0.25) is 0 Å². The molecule has 36 heavy (non-hydrogen) atoms. The number of hydrogen-bond acceptors (Lipinski definition) is 8. The summed E-state index contributed by atoms with van der Waals surface area (Å²) in [4.78, 5) is 39.5. The van der Waals surface area contributed by atoms with E-state index in [0.717, 1.165) is 0 Å². The lowest BCUT2D eigenvalue weighted by atomic mass is 9.65. The largest absolute Gasteiger partial charge is 0.472 e. The van der Waals surface area contributed by atoms with E-state index >= 15 is 0 Å². The summed E-state index contributed by atoms with van der Waals surface area (Å²) in [7, 11) is 1.35. The third kappa shape index (κ3) is 6.07. The first-order chi connectivity index (χ1) is 17.0. The molecule has 1 spiro atoms. The van der Waals surface area contributed by atoms with Crippen molar-refractivity contribution in [1.29, 1.82) is 5.26 Å². The van der Waals surface area contributed by atoms with E-state index in [0.29, 0.717) is 28.6 Å². The number of likely N-dealkylation sites (N-methyl/N-ethyl adjacent to an activating group) is 1. The van der Waals surface area contributed by atoms with Crippen molar-refractivity contribution in [1.82, 2.24) is 21.0 Å². The van der Waals surface area contributed by atoms with Gasteiger partial charge in [-0.05, 0) is 55.0 Å². The molecule has 0 bridgehead atoms. The van der Waals surface area contributed by atoms with Crippen LogP contribution >= 0.6 is 15.9 Å². The van der Waals surface area contributed by atoms with Crippen LogP contribution in [0.1, 0.15) is 44.6 Å². The molecule has 1 aliphatic heterocycles. The van der Waals surface area contributed by atoms with E-state index in [1.807, 2.05) is 0 Å². The highest BCUT2D eigenvalue weighted by Gasteiger charge is 2.51. The second kappa shape index (κ2) is 11.2. The molecule has 2 heterocycles. The number of halogens is 3. The molecule has 194 valence electrons. The smallest absolute Gasteiger partial charge is 0.428 e.